The molecule has 2 aliphatic rings. The summed E-state index contributed by atoms with van der Waals surface area (Å²) in [5.74, 6) is -0.666. The Morgan fingerprint density at radius 3 is 2.52 bits per heavy atom. The maximum atomic E-state index is 13.2. The third kappa shape index (κ3) is 4.02. The number of aromatic nitrogens is 2. The van der Waals surface area contributed by atoms with Gasteiger partial charge in [-0.25, -0.2) is 8.42 Å². The van der Waals surface area contributed by atoms with Crippen LogP contribution in [0.1, 0.15) is 64.4 Å². The molecule has 2 aromatic rings. The summed E-state index contributed by atoms with van der Waals surface area (Å²) in [4.78, 5) is 27.6. The van der Waals surface area contributed by atoms with E-state index >= 15 is 0 Å². The Kier molecular flexibility index (Phi) is 5.78. The van der Waals surface area contributed by atoms with Crippen LogP contribution in [-0.4, -0.2) is 58.0 Å². The second-order valence-electron chi connectivity index (χ2n) is 9.04. The zero-order chi connectivity index (χ0) is 24.0. The first kappa shape index (κ1) is 23.0. The molecule has 9 nitrogen and oxygen atoms in total. The van der Waals surface area contributed by atoms with Gasteiger partial charge in [-0.3, -0.25) is 14.3 Å². The number of nitriles is 1. The van der Waals surface area contributed by atoms with Gasteiger partial charge in [0, 0.05) is 32.2 Å². The van der Waals surface area contributed by atoms with Crippen molar-refractivity contribution in [1.29, 1.82) is 5.26 Å². The van der Waals surface area contributed by atoms with Gasteiger partial charge >= 0.3 is 0 Å². The van der Waals surface area contributed by atoms with Crippen LogP contribution in [-0.2, 0) is 29.9 Å². The van der Waals surface area contributed by atoms with Crippen molar-refractivity contribution >= 4 is 21.7 Å². The smallest absolute Gasteiger partial charge is 0.272 e. The molecule has 0 spiro atoms. The summed E-state index contributed by atoms with van der Waals surface area (Å²) in [6, 6.07) is 8.96. The standard InChI is InChI=1S/C23H27N5O4S/c1-15(2)33(31,32)23(9-10-23)14-28-11-8-18-19(26-27(3)20(18)22(28)30)21(29)25-13-17-6-4-16(12-24)5-7-17/h4-7,15H,8-11,13-14H2,1-3H3,(H,25,29). The highest BCUT2D eigenvalue weighted by Crippen LogP contribution is 2.46. The molecule has 1 aliphatic carbocycles. The van der Waals surface area contributed by atoms with E-state index < -0.39 is 19.8 Å². The fourth-order valence-corrected chi connectivity index (χ4v) is 6.39. The highest BCUT2D eigenvalue weighted by atomic mass is 32.2. The highest BCUT2D eigenvalue weighted by molar-refractivity contribution is 7.93. The molecule has 0 unspecified atom stereocenters. The van der Waals surface area contributed by atoms with Crippen LogP contribution >= 0.6 is 0 Å². The van der Waals surface area contributed by atoms with E-state index in [0.717, 1.165) is 5.56 Å². The lowest BCUT2D eigenvalue weighted by molar-refractivity contribution is 0.0724. The average molecular weight is 470 g/mol. The van der Waals surface area contributed by atoms with E-state index in [-0.39, 0.29) is 30.6 Å². The minimum absolute atomic E-state index is 0.178. The van der Waals surface area contributed by atoms with Gasteiger partial charge in [0.1, 0.15) is 5.69 Å². The van der Waals surface area contributed by atoms with Gasteiger partial charge in [0.25, 0.3) is 11.8 Å². The fraction of sp³-hybridized carbons (Fsp3) is 0.478. The van der Waals surface area contributed by atoms with Crippen molar-refractivity contribution in [3.63, 3.8) is 0 Å². The Bertz CT molecular complexity index is 1250. The third-order valence-corrected chi connectivity index (χ3v) is 9.51. The molecule has 2 heterocycles. The monoisotopic (exact) mass is 469 g/mol. The second kappa shape index (κ2) is 8.30. The second-order valence-corrected chi connectivity index (χ2v) is 11.9. The lowest BCUT2D eigenvalue weighted by Gasteiger charge is -2.31. The molecule has 10 heteroatoms. The van der Waals surface area contributed by atoms with E-state index in [0.29, 0.717) is 42.6 Å². The van der Waals surface area contributed by atoms with Crippen LogP contribution in [0.5, 0.6) is 0 Å². The van der Waals surface area contributed by atoms with Gasteiger partial charge in [0.05, 0.1) is 21.6 Å². The predicted octanol–water partition coefficient (Wildman–Crippen LogP) is 1.58. The molecular formula is C23H27N5O4S. The van der Waals surface area contributed by atoms with E-state index in [1.807, 2.05) is 0 Å². The Morgan fingerprint density at radius 1 is 1.27 bits per heavy atom. The number of carbonyl (C=O) groups is 2. The summed E-state index contributed by atoms with van der Waals surface area (Å²) in [6.07, 6.45) is 1.57. The number of nitrogens with one attached hydrogen (secondary N) is 1. The molecule has 1 N–H and O–H groups in total. The minimum atomic E-state index is -3.32. The van der Waals surface area contributed by atoms with Gasteiger partial charge in [0.15, 0.2) is 15.5 Å². The first-order valence-electron chi connectivity index (χ1n) is 11.0. The van der Waals surface area contributed by atoms with Gasteiger partial charge in [0.2, 0.25) is 0 Å². The molecule has 0 bridgehead atoms. The Hall–Kier alpha value is -3.19. The van der Waals surface area contributed by atoms with Crippen molar-refractivity contribution in [2.45, 2.75) is 49.7 Å². The van der Waals surface area contributed by atoms with Gasteiger partial charge in [-0.15, -0.1) is 0 Å². The molecule has 0 radical (unpaired) electrons. The van der Waals surface area contributed by atoms with Gasteiger partial charge in [-0.2, -0.15) is 10.4 Å². The van der Waals surface area contributed by atoms with Crippen LogP contribution in [0.15, 0.2) is 24.3 Å². The first-order valence-corrected chi connectivity index (χ1v) is 12.5. The van der Waals surface area contributed by atoms with Crippen molar-refractivity contribution in [2.24, 2.45) is 7.05 Å². The number of aryl methyl sites for hydroxylation is 1. The zero-order valence-electron chi connectivity index (χ0n) is 19.0. The topological polar surface area (TPSA) is 125 Å². The Balaban J connectivity index is 1.49. The molecule has 174 valence electrons. The van der Waals surface area contributed by atoms with Crippen LogP contribution in [0.2, 0.25) is 0 Å². The number of fused-ring (bicyclic) bond motifs is 1. The third-order valence-electron chi connectivity index (χ3n) is 6.53. The summed E-state index contributed by atoms with van der Waals surface area (Å²) in [7, 11) is -1.70. The number of carbonyl (C=O) groups excluding carboxylic acids is 2. The number of benzene rings is 1. The summed E-state index contributed by atoms with van der Waals surface area (Å²) in [5.41, 5.74) is 2.52. The Labute approximate surface area is 193 Å². The molecule has 1 fully saturated rings. The van der Waals surface area contributed by atoms with E-state index in [2.05, 4.69) is 16.5 Å². The first-order chi connectivity index (χ1) is 15.6. The van der Waals surface area contributed by atoms with E-state index in [9.17, 15) is 18.0 Å². The van der Waals surface area contributed by atoms with Crippen LogP contribution in [0, 0.1) is 11.3 Å². The number of sulfone groups is 1. The number of nitrogens with zero attached hydrogens (tertiary/aromatic N) is 4. The van der Waals surface area contributed by atoms with Crippen LogP contribution in [0.4, 0.5) is 0 Å². The fourth-order valence-electron chi connectivity index (χ4n) is 4.39. The zero-order valence-corrected chi connectivity index (χ0v) is 19.8. The van der Waals surface area contributed by atoms with Crippen molar-refractivity contribution in [2.75, 3.05) is 13.1 Å². The molecule has 33 heavy (non-hydrogen) atoms. The lowest BCUT2D eigenvalue weighted by Crippen LogP contribution is -2.47. The molecule has 0 atom stereocenters. The molecule has 1 aromatic heterocycles. The molecule has 0 saturated heterocycles. The molecule has 4 rings (SSSR count). The quantitative estimate of drug-likeness (QED) is 0.656. The largest absolute Gasteiger partial charge is 0.347 e. The molecule has 1 aliphatic heterocycles. The number of hydrogen-bond acceptors (Lipinski definition) is 6. The molecule has 1 aromatic carbocycles. The van der Waals surface area contributed by atoms with Crippen LogP contribution in [0.25, 0.3) is 0 Å². The van der Waals surface area contributed by atoms with Gasteiger partial charge < -0.3 is 10.2 Å². The SMILES string of the molecule is CC(C)S(=O)(=O)C1(CN2CCc3c(C(=O)NCc4ccc(C#N)cc4)nn(C)c3C2=O)CC1. The number of rotatable bonds is 7. The highest BCUT2D eigenvalue weighted by Gasteiger charge is 2.57. The van der Waals surface area contributed by atoms with Gasteiger partial charge in [-0.05, 0) is 50.8 Å². The van der Waals surface area contributed by atoms with E-state index in [1.165, 1.54) is 4.68 Å². The summed E-state index contributed by atoms with van der Waals surface area (Å²) in [6.45, 7) is 4.15. The molecule has 2 amide bonds. The molecular weight excluding hydrogens is 442 g/mol. The minimum Gasteiger partial charge on any atom is -0.347 e. The number of hydrogen-bond donors (Lipinski definition) is 1. The Morgan fingerprint density at radius 2 is 1.94 bits per heavy atom. The van der Waals surface area contributed by atoms with Crippen molar-refractivity contribution < 1.29 is 18.0 Å². The summed E-state index contributed by atoms with van der Waals surface area (Å²) >= 11 is 0. The number of amides is 2. The maximum Gasteiger partial charge on any atom is 0.272 e. The van der Waals surface area contributed by atoms with Crippen molar-refractivity contribution in [3.05, 3.63) is 52.3 Å². The summed E-state index contributed by atoms with van der Waals surface area (Å²) in [5, 5.41) is 15.5. The van der Waals surface area contributed by atoms with E-state index in [1.54, 1.807) is 50.1 Å². The van der Waals surface area contributed by atoms with E-state index in [4.69, 9.17) is 5.26 Å². The van der Waals surface area contributed by atoms with Crippen LogP contribution in [0.3, 0.4) is 0 Å². The van der Waals surface area contributed by atoms with Gasteiger partial charge in [-0.1, -0.05) is 12.1 Å². The van der Waals surface area contributed by atoms with Crippen LogP contribution < -0.4 is 5.32 Å². The lowest BCUT2D eigenvalue weighted by atomic mass is 10.0. The summed E-state index contributed by atoms with van der Waals surface area (Å²) < 4.78 is 26.2. The van der Waals surface area contributed by atoms with Crippen molar-refractivity contribution in [3.8, 4) is 6.07 Å². The molecule has 1 saturated carbocycles. The normalized spacial score (nSPS) is 16.9. The maximum absolute atomic E-state index is 13.2. The van der Waals surface area contributed by atoms with Crippen molar-refractivity contribution in [1.82, 2.24) is 20.0 Å². The predicted molar refractivity (Wildman–Crippen MR) is 121 cm³/mol. The average Bonchev–Trinajstić information content (AvgIpc) is 3.51.